The van der Waals surface area contributed by atoms with Crippen LogP contribution in [0.2, 0.25) is 0 Å². The van der Waals surface area contributed by atoms with Gasteiger partial charge in [0, 0.05) is 35.3 Å². The minimum atomic E-state index is -0.152. The normalized spacial score (nSPS) is 13.1. The minimum absolute atomic E-state index is 0.0444. The van der Waals surface area contributed by atoms with Crippen molar-refractivity contribution in [1.82, 2.24) is 9.97 Å². The number of carbonyl (C=O) groups excluding carboxylic acids is 2. The number of hydrogen-bond donors (Lipinski definition) is 3. The van der Waals surface area contributed by atoms with Crippen molar-refractivity contribution in [3.8, 4) is 0 Å². The minimum Gasteiger partial charge on any atom is -0.326 e. The predicted octanol–water partition coefficient (Wildman–Crippen LogP) is 4.39. The van der Waals surface area contributed by atoms with Crippen molar-refractivity contribution < 1.29 is 9.59 Å². The van der Waals surface area contributed by atoms with Crippen LogP contribution in [0.1, 0.15) is 48.0 Å². The summed E-state index contributed by atoms with van der Waals surface area (Å²) in [5.74, 6) is 1.57. The van der Waals surface area contributed by atoms with Crippen molar-refractivity contribution in [3.05, 3.63) is 50.4 Å². The lowest BCUT2D eigenvalue weighted by Gasteiger charge is -2.10. The second-order valence-corrected chi connectivity index (χ2v) is 10.2. The number of fused-ring (bicyclic) bond motifs is 3. The first kappa shape index (κ1) is 22.5. The molecule has 1 aliphatic carbocycles. The van der Waals surface area contributed by atoms with Gasteiger partial charge in [0.1, 0.15) is 10.7 Å². The summed E-state index contributed by atoms with van der Waals surface area (Å²) in [5, 5.41) is 6.40. The van der Waals surface area contributed by atoms with Crippen LogP contribution in [0.4, 0.5) is 11.4 Å². The van der Waals surface area contributed by atoms with Gasteiger partial charge in [-0.2, -0.15) is 11.8 Å². The molecule has 0 fully saturated rings. The first-order valence-corrected chi connectivity index (χ1v) is 12.7. The number of H-pyrrole nitrogens is 1. The van der Waals surface area contributed by atoms with Crippen LogP contribution in [-0.4, -0.2) is 27.5 Å². The summed E-state index contributed by atoms with van der Waals surface area (Å²) in [6.45, 7) is 3.35. The van der Waals surface area contributed by atoms with E-state index in [4.69, 9.17) is 0 Å². The summed E-state index contributed by atoms with van der Waals surface area (Å²) in [7, 11) is 0. The Morgan fingerprint density at radius 3 is 2.84 bits per heavy atom. The van der Waals surface area contributed by atoms with Gasteiger partial charge in [0.25, 0.3) is 5.56 Å². The van der Waals surface area contributed by atoms with Gasteiger partial charge in [-0.25, -0.2) is 4.98 Å². The third-order valence-corrected chi connectivity index (χ3v) is 7.57. The molecule has 0 unspecified atom stereocenters. The molecule has 2 amide bonds. The maximum Gasteiger partial charge on any atom is 0.259 e. The van der Waals surface area contributed by atoms with Gasteiger partial charge in [0.05, 0.1) is 11.1 Å². The summed E-state index contributed by atoms with van der Waals surface area (Å²) >= 11 is 3.21. The molecule has 168 valence electrons. The number of amides is 2. The van der Waals surface area contributed by atoms with Gasteiger partial charge in [-0.3, -0.25) is 14.4 Å². The number of thiophene rings is 1. The van der Waals surface area contributed by atoms with E-state index in [2.05, 4.69) is 20.6 Å². The van der Waals surface area contributed by atoms with Crippen molar-refractivity contribution in [3.63, 3.8) is 0 Å². The molecule has 3 N–H and O–H groups in total. The molecule has 32 heavy (non-hydrogen) atoms. The fraction of sp³-hybridized carbons (Fsp3) is 0.391. The van der Waals surface area contributed by atoms with Crippen molar-refractivity contribution in [2.45, 2.75) is 51.7 Å². The molecule has 1 aromatic carbocycles. The number of thioether (sulfide) groups is 1. The second kappa shape index (κ2) is 9.87. The third-order valence-electron chi connectivity index (χ3n) is 5.42. The van der Waals surface area contributed by atoms with Gasteiger partial charge < -0.3 is 15.6 Å². The second-order valence-electron chi connectivity index (χ2n) is 7.97. The molecule has 9 heteroatoms. The highest BCUT2D eigenvalue weighted by Crippen LogP contribution is 2.33. The van der Waals surface area contributed by atoms with Crippen LogP contribution < -0.4 is 16.2 Å². The fourth-order valence-electron chi connectivity index (χ4n) is 3.86. The molecule has 2 heterocycles. The average Bonchev–Trinajstić information content (AvgIpc) is 3.12. The van der Waals surface area contributed by atoms with Crippen LogP contribution in [0.5, 0.6) is 0 Å². The SMILES string of the molecule is CC(=O)Nc1cc(NC(=O)CCSCc2nc3sc4c(c3c(=O)[nH]2)CCCC4)ccc1C. The van der Waals surface area contributed by atoms with Gasteiger partial charge in [-0.05, 0) is 55.9 Å². The first-order valence-electron chi connectivity index (χ1n) is 10.7. The summed E-state index contributed by atoms with van der Waals surface area (Å²) in [6.07, 6.45) is 4.67. The Hall–Kier alpha value is -2.65. The van der Waals surface area contributed by atoms with Crippen molar-refractivity contribution in [1.29, 1.82) is 0 Å². The van der Waals surface area contributed by atoms with Gasteiger partial charge in [0.2, 0.25) is 11.8 Å². The maximum atomic E-state index is 12.6. The molecule has 0 bridgehead atoms. The van der Waals surface area contributed by atoms with Crippen LogP contribution in [0.25, 0.3) is 10.2 Å². The topological polar surface area (TPSA) is 104 Å². The predicted molar refractivity (Wildman–Crippen MR) is 132 cm³/mol. The lowest BCUT2D eigenvalue weighted by Crippen LogP contribution is -2.14. The molecule has 0 aliphatic heterocycles. The van der Waals surface area contributed by atoms with E-state index in [1.165, 1.54) is 23.8 Å². The highest BCUT2D eigenvalue weighted by molar-refractivity contribution is 7.98. The lowest BCUT2D eigenvalue weighted by atomic mass is 9.97. The number of anilines is 2. The number of benzene rings is 1. The van der Waals surface area contributed by atoms with E-state index in [9.17, 15) is 14.4 Å². The molecule has 0 atom stereocenters. The number of carbonyl (C=O) groups is 2. The molecule has 0 spiro atoms. The Kier molecular flexibility index (Phi) is 6.95. The Morgan fingerprint density at radius 1 is 1.22 bits per heavy atom. The van der Waals surface area contributed by atoms with Crippen LogP contribution in [0, 0.1) is 6.92 Å². The van der Waals surface area contributed by atoms with Crippen molar-refractivity contribution in [2.24, 2.45) is 0 Å². The van der Waals surface area contributed by atoms with Gasteiger partial charge >= 0.3 is 0 Å². The first-order chi connectivity index (χ1) is 15.4. The highest BCUT2D eigenvalue weighted by atomic mass is 32.2. The molecule has 4 rings (SSSR count). The molecular weight excluding hydrogens is 444 g/mol. The van der Waals surface area contributed by atoms with E-state index in [-0.39, 0.29) is 17.4 Å². The largest absolute Gasteiger partial charge is 0.326 e. The van der Waals surface area contributed by atoms with E-state index in [0.717, 1.165) is 35.0 Å². The summed E-state index contributed by atoms with van der Waals surface area (Å²) in [5.41, 5.74) is 3.41. The number of nitrogens with zero attached hydrogens (tertiary/aromatic N) is 1. The highest BCUT2D eigenvalue weighted by Gasteiger charge is 2.19. The van der Waals surface area contributed by atoms with Crippen LogP contribution in [0.15, 0.2) is 23.0 Å². The molecule has 0 saturated heterocycles. The Morgan fingerprint density at radius 2 is 2.03 bits per heavy atom. The zero-order valence-electron chi connectivity index (χ0n) is 18.2. The number of hydrogen-bond acceptors (Lipinski definition) is 6. The Bertz CT molecular complexity index is 1230. The van der Waals surface area contributed by atoms with Gasteiger partial charge in [-0.1, -0.05) is 6.07 Å². The van der Waals surface area contributed by atoms with Crippen LogP contribution in [0.3, 0.4) is 0 Å². The summed E-state index contributed by atoms with van der Waals surface area (Å²) < 4.78 is 0. The molecule has 0 saturated carbocycles. The summed E-state index contributed by atoms with van der Waals surface area (Å²) in [6, 6.07) is 5.43. The van der Waals surface area contributed by atoms with E-state index in [0.29, 0.717) is 35.1 Å². The maximum absolute atomic E-state index is 12.6. The average molecular weight is 471 g/mol. The van der Waals surface area contributed by atoms with Crippen molar-refractivity contribution in [2.75, 3.05) is 16.4 Å². The van der Waals surface area contributed by atoms with E-state index in [1.807, 2.05) is 19.1 Å². The van der Waals surface area contributed by atoms with Gasteiger partial charge in [0.15, 0.2) is 0 Å². The molecule has 7 nitrogen and oxygen atoms in total. The fourth-order valence-corrected chi connectivity index (χ4v) is 5.94. The Labute approximate surface area is 194 Å². The number of aryl methyl sites for hydroxylation is 3. The van der Waals surface area contributed by atoms with Gasteiger partial charge in [-0.15, -0.1) is 11.3 Å². The number of aromatic amines is 1. The Balaban J connectivity index is 1.31. The number of nitrogens with one attached hydrogen (secondary N) is 3. The zero-order chi connectivity index (χ0) is 22.7. The molecule has 2 aromatic heterocycles. The number of rotatable bonds is 7. The molecular formula is C23H26N4O3S2. The molecule has 3 aromatic rings. The summed E-state index contributed by atoms with van der Waals surface area (Å²) in [4.78, 5) is 46.0. The lowest BCUT2D eigenvalue weighted by molar-refractivity contribution is -0.116. The molecule has 1 aliphatic rings. The van der Waals surface area contributed by atoms with E-state index >= 15 is 0 Å². The van der Waals surface area contributed by atoms with Crippen LogP contribution >= 0.6 is 23.1 Å². The smallest absolute Gasteiger partial charge is 0.259 e. The van der Waals surface area contributed by atoms with E-state index < -0.39 is 0 Å². The van der Waals surface area contributed by atoms with Crippen molar-refractivity contribution >= 4 is 56.5 Å². The zero-order valence-corrected chi connectivity index (χ0v) is 19.8. The standard InChI is InChI=1S/C23H26N4O3S2/c1-13-7-8-15(11-17(13)24-14(2)28)25-20(29)9-10-31-12-19-26-22(30)21-16-5-3-4-6-18(16)32-23(21)27-19/h7-8,11H,3-6,9-10,12H2,1-2H3,(H,24,28)(H,25,29)(H,26,27,30). The number of aromatic nitrogens is 2. The quantitative estimate of drug-likeness (QED) is 0.444. The monoisotopic (exact) mass is 470 g/mol. The van der Waals surface area contributed by atoms with E-state index in [1.54, 1.807) is 29.2 Å². The van der Waals surface area contributed by atoms with Crippen LogP contribution in [-0.2, 0) is 28.2 Å². The third kappa shape index (κ3) is 5.21. The molecule has 0 radical (unpaired) electrons.